The highest BCUT2D eigenvalue weighted by atomic mass is 32.2. The van der Waals surface area contributed by atoms with Gasteiger partial charge in [0.05, 0.1) is 5.69 Å². The van der Waals surface area contributed by atoms with Crippen LogP contribution in [0.25, 0.3) is 0 Å². The van der Waals surface area contributed by atoms with Crippen molar-refractivity contribution in [2.75, 3.05) is 36.2 Å². The molecule has 0 bridgehead atoms. The molecule has 6 nitrogen and oxygen atoms in total. The summed E-state index contributed by atoms with van der Waals surface area (Å²) in [6.07, 6.45) is 0.887. The van der Waals surface area contributed by atoms with Gasteiger partial charge in [-0.25, -0.2) is 17.6 Å². The van der Waals surface area contributed by atoms with Crippen molar-refractivity contribution in [1.29, 1.82) is 0 Å². The lowest BCUT2D eigenvalue weighted by Crippen LogP contribution is -2.38. The Morgan fingerprint density at radius 1 is 1.43 bits per heavy atom. The lowest BCUT2D eigenvalue weighted by atomic mass is 10.2. The number of hydrogen-bond donors (Lipinski definition) is 1. The van der Waals surface area contributed by atoms with Gasteiger partial charge in [0.2, 0.25) is 0 Å². The number of sulfone groups is 1. The quantitative estimate of drug-likeness (QED) is 0.863. The molecule has 1 aromatic carbocycles. The van der Waals surface area contributed by atoms with E-state index >= 15 is 0 Å². The summed E-state index contributed by atoms with van der Waals surface area (Å²) < 4.78 is 49.0. The van der Waals surface area contributed by atoms with E-state index in [4.69, 9.17) is 0 Å². The molecule has 2 unspecified atom stereocenters. The number of amides is 2. The van der Waals surface area contributed by atoms with Crippen molar-refractivity contribution in [3.63, 3.8) is 0 Å². The van der Waals surface area contributed by atoms with Gasteiger partial charge >= 0.3 is 6.03 Å². The lowest BCUT2D eigenvalue weighted by Gasteiger charge is -2.23. The average molecular weight is 362 g/mol. The molecule has 128 valence electrons. The normalized spacial score (nSPS) is 22.5. The molecule has 1 heterocycles. The molecule has 2 rings (SSSR count). The van der Waals surface area contributed by atoms with E-state index in [1.54, 1.807) is 0 Å². The molecule has 9 heteroatoms. The minimum atomic E-state index is -3.82. The van der Waals surface area contributed by atoms with Crippen LogP contribution in [-0.4, -0.2) is 54.4 Å². The van der Waals surface area contributed by atoms with Crippen molar-refractivity contribution >= 4 is 32.4 Å². The van der Waals surface area contributed by atoms with Crippen LogP contribution in [0.15, 0.2) is 23.1 Å². The molecule has 1 aromatic rings. The molecule has 1 N–H and O–H groups in total. The highest BCUT2D eigenvalue weighted by Gasteiger charge is 2.25. The van der Waals surface area contributed by atoms with E-state index in [2.05, 4.69) is 5.32 Å². The molecule has 1 fully saturated rings. The molecule has 0 aliphatic carbocycles. The highest BCUT2D eigenvalue weighted by Crippen LogP contribution is 2.25. The van der Waals surface area contributed by atoms with Crippen LogP contribution >= 0.6 is 0 Å². The predicted octanol–water partition coefficient (Wildman–Crippen LogP) is 1.46. The maximum absolute atomic E-state index is 13.8. The molecule has 0 aromatic heterocycles. The van der Waals surface area contributed by atoms with Gasteiger partial charge in [-0.2, -0.15) is 0 Å². The van der Waals surface area contributed by atoms with Crippen LogP contribution in [0.5, 0.6) is 0 Å². The molecule has 1 aliphatic heterocycles. The van der Waals surface area contributed by atoms with E-state index in [0.717, 1.165) is 12.3 Å². The first-order valence-corrected chi connectivity index (χ1v) is 10.5. The van der Waals surface area contributed by atoms with Crippen LogP contribution in [0, 0.1) is 11.7 Å². The van der Waals surface area contributed by atoms with Crippen LogP contribution in [0.2, 0.25) is 0 Å². The molecule has 23 heavy (non-hydrogen) atoms. The molecule has 2 atom stereocenters. The minimum Gasteiger partial charge on any atom is -0.323 e. The van der Waals surface area contributed by atoms with Crippen molar-refractivity contribution in [3.05, 3.63) is 24.0 Å². The van der Waals surface area contributed by atoms with Gasteiger partial charge in [-0.1, -0.05) is 13.0 Å². The fraction of sp³-hybridized carbons (Fsp3) is 0.500. The molecular weight excluding hydrogens is 343 g/mol. The number of hydrogen-bond acceptors (Lipinski definition) is 4. The first kappa shape index (κ1) is 17.9. The fourth-order valence-electron chi connectivity index (χ4n) is 2.50. The van der Waals surface area contributed by atoms with Gasteiger partial charge in [-0.15, -0.1) is 0 Å². The fourth-order valence-corrected chi connectivity index (χ4v) is 4.77. The average Bonchev–Trinajstić information content (AvgIpc) is 2.58. The van der Waals surface area contributed by atoms with E-state index in [1.807, 2.05) is 6.92 Å². The Labute approximate surface area is 137 Å². The topological polar surface area (TPSA) is 83.6 Å². The zero-order valence-corrected chi connectivity index (χ0v) is 14.5. The largest absolute Gasteiger partial charge is 0.323 e. The van der Waals surface area contributed by atoms with Gasteiger partial charge in [0.15, 0.2) is 9.84 Å². The van der Waals surface area contributed by atoms with Gasteiger partial charge in [0.25, 0.3) is 0 Å². The number of urea groups is 1. The molecular formula is C14H19FN2O4S2. The third kappa shape index (κ3) is 4.51. The van der Waals surface area contributed by atoms with Crippen molar-refractivity contribution < 1.29 is 21.8 Å². The van der Waals surface area contributed by atoms with Crippen molar-refractivity contribution in [1.82, 2.24) is 4.90 Å². The Morgan fingerprint density at radius 3 is 2.78 bits per heavy atom. The summed E-state index contributed by atoms with van der Waals surface area (Å²) in [5, 5.41) is 2.46. The molecule has 0 saturated carbocycles. The Balaban J connectivity index is 2.24. The molecule has 0 spiro atoms. The Morgan fingerprint density at radius 2 is 2.13 bits per heavy atom. The van der Waals surface area contributed by atoms with E-state index in [0.29, 0.717) is 24.6 Å². The third-order valence-corrected chi connectivity index (χ3v) is 6.19. The summed E-state index contributed by atoms with van der Waals surface area (Å²) in [5.74, 6) is 0.0691. The zero-order valence-electron chi connectivity index (χ0n) is 12.9. The SMILES string of the molecule is CC1CN(C(=O)Nc2cccc(F)c2S(C)(=O)=O)CCS(=O)C1. The summed E-state index contributed by atoms with van der Waals surface area (Å²) in [5.41, 5.74) is -0.0875. The molecule has 1 aliphatic rings. The van der Waals surface area contributed by atoms with Crippen LogP contribution < -0.4 is 5.32 Å². The summed E-state index contributed by atoms with van der Waals surface area (Å²) in [4.78, 5) is 13.3. The number of halogens is 1. The van der Waals surface area contributed by atoms with Crippen molar-refractivity contribution in [3.8, 4) is 0 Å². The van der Waals surface area contributed by atoms with E-state index < -0.39 is 37.4 Å². The first-order chi connectivity index (χ1) is 10.7. The summed E-state index contributed by atoms with van der Waals surface area (Å²) in [6, 6.07) is 3.19. The van der Waals surface area contributed by atoms with Crippen LogP contribution in [-0.2, 0) is 20.6 Å². The summed E-state index contributed by atoms with van der Waals surface area (Å²) in [7, 11) is -4.80. The van der Waals surface area contributed by atoms with Gasteiger partial charge in [0, 0.05) is 41.7 Å². The number of rotatable bonds is 2. The Kier molecular flexibility index (Phi) is 5.41. The number of nitrogens with one attached hydrogen (secondary N) is 1. The van der Waals surface area contributed by atoms with Crippen LogP contribution in [0.3, 0.4) is 0 Å². The zero-order chi connectivity index (χ0) is 17.2. The highest BCUT2D eigenvalue weighted by molar-refractivity contribution is 7.90. The number of anilines is 1. The second-order valence-electron chi connectivity index (χ2n) is 5.68. The van der Waals surface area contributed by atoms with E-state index in [-0.39, 0.29) is 11.6 Å². The predicted molar refractivity (Wildman–Crippen MR) is 87.1 cm³/mol. The van der Waals surface area contributed by atoms with Crippen LogP contribution in [0.4, 0.5) is 14.9 Å². The molecule has 1 saturated heterocycles. The van der Waals surface area contributed by atoms with E-state index in [9.17, 15) is 21.8 Å². The van der Waals surface area contributed by atoms with Crippen molar-refractivity contribution in [2.24, 2.45) is 5.92 Å². The maximum atomic E-state index is 13.8. The molecule has 0 radical (unpaired) electrons. The summed E-state index contributed by atoms with van der Waals surface area (Å²) >= 11 is 0. The Hall–Kier alpha value is -1.48. The molecule has 2 amide bonds. The van der Waals surface area contributed by atoms with E-state index in [1.165, 1.54) is 17.0 Å². The minimum absolute atomic E-state index is 0.0750. The standard InChI is InChI=1S/C14H19FN2O4S2/c1-10-8-17(6-7-22(19)9-10)14(18)16-12-5-3-4-11(15)13(12)23(2,20)21/h3-5,10H,6-9H2,1-2H3,(H,16,18). The van der Waals surface area contributed by atoms with Crippen molar-refractivity contribution in [2.45, 2.75) is 11.8 Å². The number of nitrogens with zero attached hydrogens (tertiary/aromatic N) is 1. The number of carbonyl (C=O) groups excluding carboxylic acids is 1. The second-order valence-corrected chi connectivity index (χ2v) is 9.25. The van der Waals surface area contributed by atoms with Gasteiger partial charge < -0.3 is 10.2 Å². The van der Waals surface area contributed by atoms with Crippen LogP contribution in [0.1, 0.15) is 6.92 Å². The Bertz CT molecular complexity index is 736. The third-order valence-electron chi connectivity index (χ3n) is 3.46. The van der Waals surface area contributed by atoms with Gasteiger partial charge in [-0.05, 0) is 18.1 Å². The second kappa shape index (κ2) is 6.96. The lowest BCUT2D eigenvalue weighted by molar-refractivity contribution is 0.210. The number of benzene rings is 1. The first-order valence-electron chi connectivity index (χ1n) is 7.08. The smallest absolute Gasteiger partial charge is 0.321 e. The van der Waals surface area contributed by atoms with Gasteiger partial charge in [-0.3, -0.25) is 4.21 Å². The summed E-state index contributed by atoms with van der Waals surface area (Å²) in [6.45, 7) is 2.63. The monoisotopic (exact) mass is 362 g/mol. The maximum Gasteiger partial charge on any atom is 0.321 e. The number of carbonyl (C=O) groups is 1. The van der Waals surface area contributed by atoms with Gasteiger partial charge in [0.1, 0.15) is 10.7 Å².